The summed E-state index contributed by atoms with van der Waals surface area (Å²) in [6.07, 6.45) is 1.05. The number of hydrogen-bond donors (Lipinski definition) is 2. The zero-order valence-corrected chi connectivity index (χ0v) is 14.2. The minimum atomic E-state index is -0.301. The number of nitrogens with one attached hydrogen (secondary N) is 2. The van der Waals surface area contributed by atoms with Crippen LogP contribution in [0.2, 0.25) is 0 Å². The van der Waals surface area contributed by atoms with Gasteiger partial charge in [0.1, 0.15) is 16.9 Å². The number of amides is 1. The number of nitriles is 1. The Morgan fingerprint density at radius 2 is 2.38 bits per heavy atom. The van der Waals surface area contributed by atoms with Gasteiger partial charge in [-0.1, -0.05) is 19.1 Å². The Hall–Kier alpha value is -2.23. The minimum absolute atomic E-state index is 0.0949. The first-order valence-electron chi connectivity index (χ1n) is 7.89. The molecule has 6 heteroatoms. The second-order valence-electron chi connectivity index (χ2n) is 5.95. The predicted molar refractivity (Wildman–Crippen MR) is 92.5 cm³/mol. The number of nitrogens with zero attached hydrogens (tertiary/aromatic N) is 1. The fraction of sp³-hybridized carbons (Fsp3) is 0.333. The van der Waals surface area contributed by atoms with Gasteiger partial charge < -0.3 is 10.6 Å². The molecule has 24 heavy (non-hydrogen) atoms. The van der Waals surface area contributed by atoms with Crippen LogP contribution in [0.1, 0.15) is 40.8 Å². The van der Waals surface area contributed by atoms with Crippen LogP contribution in [-0.2, 0) is 17.8 Å². The highest BCUT2D eigenvalue weighted by Crippen LogP contribution is 2.35. The molecule has 1 aliphatic rings. The lowest BCUT2D eigenvalue weighted by Crippen LogP contribution is -2.22. The summed E-state index contributed by atoms with van der Waals surface area (Å²) in [6, 6.07) is 8.52. The van der Waals surface area contributed by atoms with Gasteiger partial charge in [0.15, 0.2) is 0 Å². The van der Waals surface area contributed by atoms with Gasteiger partial charge in [-0.25, -0.2) is 4.39 Å². The molecule has 0 saturated carbocycles. The highest BCUT2D eigenvalue weighted by molar-refractivity contribution is 7.16. The van der Waals surface area contributed by atoms with Gasteiger partial charge >= 0.3 is 0 Å². The molecule has 1 atom stereocenters. The van der Waals surface area contributed by atoms with Crippen molar-refractivity contribution in [2.75, 3.05) is 11.9 Å². The lowest BCUT2D eigenvalue weighted by molar-refractivity contribution is -0.116. The van der Waals surface area contributed by atoms with E-state index in [4.69, 9.17) is 0 Å². The zero-order valence-electron chi connectivity index (χ0n) is 13.4. The van der Waals surface area contributed by atoms with Crippen molar-refractivity contribution in [1.29, 1.82) is 5.26 Å². The Morgan fingerprint density at radius 1 is 1.54 bits per heavy atom. The van der Waals surface area contributed by atoms with E-state index in [1.54, 1.807) is 6.07 Å². The summed E-state index contributed by atoms with van der Waals surface area (Å²) < 4.78 is 13.3. The van der Waals surface area contributed by atoms with Gasteiger partial charge in [-0.15, -0.1) is 11.3 Å². The Labute approximate surface area is 144 Å². The molecule has 0 spiro atoms. The van der Waals surface area contributed by atoms with Crippen molar-refractivity contribution >= 4 is 22.2 Å². The summed E-state index contributed by atoms with van der Waals surface area (Å²) in [5, 5.41) is 16.2. The van der Waals surface area contributed by atoms with E-state index in [0.29, 0.717) is 10.6 Å². The Balaban J connectivity index is 1.71. The molecule has 124 valence electrons. The summed E-state index contributed by atoms with van der Waals surface area (Å²) in [6.45, 7) is 3.48. The monoisotopic (exact) mass is 343 g/mol. The Kier molecular flexibility index (Phi) is 4.93. The maximum atomic E-state index is 13.3. The van der Waals surface area contributed by atoms with E-state index in [1.165, 1.54) is 23.5 Å². The van der Waals surface area contributed by atoms with Crippen molar-refractivity contribution in [1.82, 2.24) is 5.32 Å². The largest absolute Gasteiger partial charge is 0.317 e. The maximum absolute atomic E-state index is 13.3. The van der Waals surface area contributed by atoms with Gasteiger partial charge in [0.05, 0.1) is 5.56 Å². The number of hydrogen-bond acceptors (Lipinski definition) is 4. The number of halogens is 1. The van der Waals surface area contributed by atoms with Gasteiger partial charge in [-0.2, -0.15) is 5.26 Å². The number of carbonyl (C=O) groups excluding carboxylic acids is 1. The van der Waals surface area contributed by atoms with Crippen molar-refractivity contribution in [2.24, 2.45) is 0 Å². The molecule has 0 unspecified atom stereocenters. The molecule has 2 heterocycles. The zero-order chi connectivity index (χ0) is 17.1. The SMILES string of the molecule is C[C@@H](CC(=O)Nc1sc2c(c1C#N)CCNC2)c1cccc(F)c1. The second kappa shape index (κ2) is 7.12. The van der Waals surface area contributed by atoms with Crippen molar-refractivity contribution < 1.29 is 9.18 Å². The number of fused-ring (bicyclic) bond motifs is 1. The Morgan fingerprint density at radius 3 is 3.12 bits per heavy atom. The molecule has 1 aromatic heterocycles. The quantitative estimate of drug-likeness (QED) is 0.892. The molecule has 0 radical (unpaired) electrons. The van der Waals surface area contributed by atoms with Crippen molar-refractivity contribution in [3.63, 3.8) is 0 Å². The predicted octanol–water partition coefficient (Wildman–Crippen LogP) is 3.54. The van der Waals surface area contributed by atoms with Gasteiger partial charge in [0, 0.05) is 17.8 Å². The molecular formula is C18H18FN3OS. The number of carbonyl (C=O) groups is 1. The topological polar surface area (TPSA) is 64.9 Å². The molecule has 3 rings (SSSR count). The molecule has 0 saturated heterocycles. The Bertz CT molecular complexity index is 809. The number of anilines is 1. The van der Waals surface area contributed by atoms with E-state index in [1.807, 2.05) is 13.0 Å². The van der Waals surface area contributed by atoms with Crippen LogP contribution in [0, 0.1) is 17.1 Å². The van der Waals surface area contributed by atoms with E-state index in [-0.39, 0.29) is 24.1 Å². The fourth-order valence-corrected chi connectivity index (χ4v) is 4.11. The average Bonchev–Trinajstić information content (AvgIpc) is 2.91. The van der Waals surface area contributed by atoms with Gasteiger partial charge in [0.2, 0.25) is 5.91 Å². The second-order valence-corrected chi connectivity index (χ2v) is 7.06. The van der Waals surface area contributed by atoms with Crippen LogP contribution in [0.25, 0.3) is 0 Å². The maximum Gasteiger partial charge on any atom is 0.225 e. The normalized spacial score (nSPS) is 14.5. The third-order valence-electron chi connectivity index (χ3n) is 4.20. The molecule has 1 aromatic carbocycles. The molecular weight excluding hydrogens is 325 g/mol. The fourth-order valence-electron chi connectivity index (χ4n) is 2.93. The molecule has 4 nitrogen and oxygen atoms in total. The molecule has 0 fully saturated rings. The summed E-state index contributed by atoms with van der Waals surface area (Å²) in [7, 11) is 0. The molecule has 2 N–H and O–H groups in total. The smallest absolute Gasteiger partial charge is 0.225 e. The standard InChI is InChI=1S/C18H18FN3OS/c1-11(12-3-2-4-13(19)8-12)7-17(23)22-18-15(9-20)14-5-6-21-10-16(14)24-18/h2-4,8,11,21H,5-7,10H2,1H3,(H,22,23)/t11-/m0/s1. The summed E-state index contributed by atoms with van der Waals surface area (Å²) in [4.78, 5) is 13.5. The molecule has 1 amide bonds. The highest BCUT2D eigenvalue weighted by Gasteiger charge is 2.22. The molecule has 0 bridgehead atoms. The van der Waals surface area contributed by atoms with E-state index >= 15 is 0 Å². The molecule has 2 aromatic rings. The van der Waals surface area contributed by atoms with Crippen molar-refractivity contribution in [3.8, 4) is 6.07 Å². The first-order valence-corrected chi connectivity index (χ1v) is 8.70. The number of thiophene rings is 1. The number of rotatable bonds is 4. The van der Waals surface area contributed by atoms with Crippen LogP contribution in [0.5, 0.6) is 0 Å². The van der Waals surface area contributed by atoms with Crippen LogP contribution in [0.3, 0.4) is 0 Å². The average molecular weight is 343 g/mol. The highest BCUT2D eigenvalue weighted by atomic mass is 32.1. The van der Waals surface area contributed by atoms with E-state index < -0.39 is 0 Å². The van der Waals surface area contributed by atoms with E-state index in [9.17, 15) is 14.4 Å². The van der Waals surface area contributed by atoms with Gasteiger partial charge in [-0.3, -0.25) is 4.79 Å². The molecule has 0 aliphatic carbocycles. The van der Waals surface area contributed by atoms with Gasteiger partial charge in [0.25, 0.3) is 0 Å². The van der Waals surface area contributed by atoms with Crippen molar-refractivity contribution in [3.05, 3.63) is 51.7 Å². The van der Waals surface area contributed by atoms with Crippen LogP contribution in [-0.4, -0.2) is 12.5 Å². The van der Waals surface area contributed by atoms with Crippen LogP contribution in [0.15, 0.2) is 24.3 Å². The minimum Gasteiger partial charge on any atom is -0.317 e. The summed E-state index contributed by atoms with van der Waals surface area (Å²) in [5.74, 6) is -0.553. The first-order chi connectivity index (χ1) is 11.6. The third-order valence-corrected chi connectivity index (χ3v) is 5.35. The lowest BCUT2D eigenvalue weighted by atomic mass is 9.97. The molecule has 1 aliphatic heterocycles. The third kappa shape index (κ3) is 3.48. The van der Waals surface area contributed by atoms with E-state index in [2.05, 4.69) is 16.7 Å². The van der Waals surface area contributed by atoms with Crippen LogP contribution in [0.4, 0.5) is 9.39 Å². The van der Waals surface area contributed by atoms with Crippen LogP contribution >= 0.6 is 11.3 Å². The number of benzene rings is 1. The van der Waals surface area contributed by atoms with Crippen LogP contribution < -0.4 is 10.6 Å². The van der Waals surface area contributed by atoms with E-state index in [0.717, 1.165) is 35.5 Å². The van der Waals surface area contributed by atoms with Crippen molar-refractivity contribution in [2.45, 2.75) is 32.2 Å². The van der Waals surface area contributed by atoms with Gasteiger partial charge in [-0.05, 0) is 42.1 Å². The summed E-state index contributed by atoms with van der Waals surface area (Å²) >= 11 is 1.46. The summed E-state index contributed by atoms with van der Waals surface area (Å²) in [5.41, 5.74) is 2.43. The lowest BCUT2D eigenvalue weighted by Gasteiger charge is -2.12. The first kappa shape index (κ1) is 16.6.